The van der Waals surface area contributed by atoms with E-state index >= 15 is 0 Å². The zero-order valence-electron chi connectivity index (χ0n) is 10.6. The van der Waals surface area contributed by atoms with Gasteiger partial charge in [-0.05, 0) is 51.3 Å². The summed E-state index contributed by atoms with van der Waals surface area (Å²) in [6.45, 7) is 0. The number of methoxy groups -OCH3 is 2. The van der Waals surface area contributed by atoms with Crippen LogP contribution in [0.15, 0.2) is 46.9 Å². The molecule has 0 atom stereocenters. The van der Waals surface area contributed by atoms with Gasteiger partial charge in [-0.3, -0.25) is 0 Å². The van der Waals surface area contributed by atoms with Crippen LogP contribution in [-0.4, -0.2) is 20.2 Å². The summed E-state index contributed by atoms with van der Waals surface area (Å²) in [7, 11) is 2.99. The lowest BCUT2D eigenvalue weighted by molar-refractivity contribution is 0.0601. The summed E-state index contributed by atoms with van der Waals surface area (Å²) >= 11 is 3.41. The highest BCUT2D eigenvalue weighted by atomic mass is 79.9. The summed E-state index contributed by atoms with van der Waals surface area (Å²) in [6, 6.07) is 13.1. The Balaban J connectivity index is 2.44. The van der Waals surface area contributed by atoms with E-state index in [2.05, 4.69) is 15.9 Å². The lowest BCUT2D eigenvalue weighted by atomic mass is 10.0. The number of hydrogen-bond donors (Lipinski definition) is 0. The number of esters is 1. The van der Waals surface area contributed by atoms with Crippen LogP contribution in [0.3, 0.4) is 0 Å². The first-order valence-corrected chi connectivity index (χ1v) is 6.47. The van der Waals surface area contributed by atoms with Gasteiger partial charge >= 0.3 is 5.97 Å². The van der Waals surface area contributed by atoms with Crippen LogP contribution in [0, 0.1) is 0 Å². The van der Waals surface area contributed by atoms with E-state index in [-0.39, 0.29) is 5.97 Å². The Hall–Kier alpha value is -1.81. The Morgan fingerprint density at radius 2 is 1.79 bits per heavy atom. The van der Waals surface area contributed by atoms with Gasteiger partial charge in [0.05, 0.1) is 24.3 Å². The summed E-state index contributed by atoms with van der Waals surface area (Å²) in [5, 5.41) is 0. The first-order valence-electron chi connectivity index (χ1n) is 5.68. The molecule has 0 radical (unpaired) electrons. The third-order valence-corrected chi connectivity index (χ3v) is 3.42. The van der Waals surface area contributed by atoms with E-state index in [1.807, 2.05) is 30.3 Å². The predicted molar refractivity (Wildman–Crippen MR) is 77.5 cm³/mol. The predicted octanol–water partition coefficient (Wildman–Crippen LogP) is 3.91. The highest BCUT2D eigenvalue weighted by Crippen LogP contribution is 2.31. The standard InChI is InChI=1S/C15H13BrO3/c1-18-14-9-11(6-7-13(14)16)10-4-3-5-12(8-10)15(17)19-2/h3-9H,1-2H3. The number of halogens is 1. The molecule has 0 bridgehead atoms. The number of carbonyl (C=O) groups is 1. The minimum absolute atomic E-state index is 0.342. The first kappa shape index (κ1) is 13.6. The molecule has 3 nitrogen and oxygen atoms in total. The molecule has 4 heteroatoms. The Morgan fingerprint density at radius 3 is 2.47 bits per heavy atom. The van der Waals surface area contributed by atoms with Gasteiger partial charge in [-0.2, -0.15) is 0 Å². The van der Waals surface area contributed by atoms with E-state index < -0.39 is 0 Å². The maximum atomic E-state index is 11.5. The van der Waals surface area contributed by atoms with Gasteiger partial charge in [-0.25, -0.2) is 4.79 Å². The minimum atomic E-state index is -0.342. The second-order valence-corrected chi connectivity index (χ2v) is 4.78. The molecule has 0 N–H and O–H groups in total. The van der Waals surface area contributed by atoms with Crippen molar-refractivity contribution < 1.29 is 14.3 Å². The average molecular weight is 321 g/mol. The molecule has 0 fully saturated rings. The number of rotatable bonds is 3. The molecule has 19 heavy (non-hydrogen) atoms. The van der Waals surface area contributed by atoms with Crippen molar-refractivity contribution in [2.45, 2.75) is 0 Å². The molecule has 0 spiro atoms. The lowest BCUT2D eigenvalue weighted by Crippen LogP contribution is -2.00. The summed E-state index contributed by atoms with van der Waals surface area (Å²) in [4.78, 5) is 11.5. The first-order chi connectivity index (χ1) is 9.15. The molecule has 0 aliphatic heterocycles. The van der Waals surface area contributed by atoms with E-state index in [4.69, 9.17) is 9.47 Å². The summed E-state index contributed by atoms with van der Waals surface area (Å²) < 4.78 is 10.9. The fraction of sp³-hybridized carbons (Fsp3) is 0.133. The van der Waals surface area contributed by atoms with Gasteiger partial charge in [-0.15, -0.1) is 0 Å². The minimum Gasteiger partial charge on any atom is -0.496 e. The molecular formula is C15H13BrO3. The molecule has 0 unspecified atom stereocenters. The van der Waals surface area contributed by atoms with Crippen LogP contribution in [0.4, 0.5) is 0 Å². The molecule has 0 saturated heterocycles. The normalized spacial score (nSPS) is 10.1. The summed E-state index contributed by atoms with van der Waals surface area (Å²) in [6.07, 6.45) is 0. The van der Waals surface area contributed by atoms with Crippen LogP contribution >= 0.6 is 15.9 Å². The second-order valence-electron chi connectivity index (χ2n) is 3.92. The van der Waals surface area contributed by atoms with Crippen LogP contribution in [0.2, 0.25) is 0 Å². The van der Waals surface area contributed by atoms with Crippen molar-refractivity contribution in [1.82, 2.24) is 0 Å². The van der Waals surface area contributed by atoms with E-state index in [1.165, 1.54) is 7.11 Å². The van der Waals surface area contributed by atoms with Gasteiger partial charge < -0.3 is 9.47 Å². The van der Waals surface area contributed by atoms with Crippen LogP contribution < -0.4 is 4.74 Å². The maximum Gasteiger partial charge on any atom is 0.337 e. The van der Waals surface area contributed by atoms with Gasteiger partial charge in [0, 0.05) is 0 Å². The third-order valence-electron chi connectivity index (χ3n) is 2.77. The van der Waals surface area contributed by atoms with Crippen molar-refractivity contribution in [2.24, 2.45) is 0 Å². The Labute approximate surface area is 120 Å². The lowest BCUT2D eigenvalue weighted by Gasteiger charge is -2.08. The van der Waals surface area contributed by atoms with Crippen LogP contribution in [0.1, 0.15) is 10.4 Å². The number of carbonyl (C=O) groups excluding carboxylic acids is 1. The highest BCUT2D eigenvalue weighted by Gasteiger charge is 2.08. The Kier molecular flexibility index (Phi) is 4.22. The SMILES string of the molecule is COC(=O)c1cccc(-c2ccc(Br)c(OC)c2)c1. The number of ether oxygens (including phenoxy) is 2. The van der Waals surface area contributed by atoms with Gasteiger partial charge in [0.2, 0.25) is 0 Å². The quantitative estimate of drug-likeness (QED) is 0.804. The third kappa shape index (κ3) is 2.96. The average Bonchev–Trinajstić information content (AvgIpc) is 2.47. The zero-order valence-corrected chi connectivity index (χ0v) is 12.2. The van der Waals surface area contributed by atoms with Crippen LogP contribution in [0.5, 0.6) is 5.75 Å². The fourth-order valence-electron chi connectivity index (χ4n) is 1.78. The largest absolute Gasteiger partial charge is 0.496 e. The number of benzene rings is 2. The van der Waals surface area contributed by atoms with Crippen molar-refractivity contribution in [3.63, 3.8) is 0 Å². The second kappa shape index (κ2) is 5.89. The van der Waals surface area contributed by atoms with Gasteiger partial charge in [0.25, 0.3) is 0 Å². The molecular weight excluding hydrogens is 308 g/mol. The van der Waals surface area contributed by atoms with Crippen molar-refractivity contribution in [1.29, 1.82) is 0 Å². The van der Waals surface area contributed by atoms with Crippen LogP contribution in [-0.2, 0) is 4.74 Å². The molecule has 0 aliphatic carbocycles. The zero-order chi connectivity index (χ0) is 13.8. The van der Waals surface area contributed by atoms with Crippen molar-refractivity contribution >= 4 is 21.9 Å². The summed E-state index contributed by atoms with van der Waals surface area (Å²) in [5.41, 5.74) is 2.45. The molecule has 0 amide bonds. The Morgan fingerprint density at radius 1 is 1.05 bits per heavy atom. The fourth-order valence-corrected chi connectivity index (χ4v) is 2.19. The van der Waals surface area contributed by atoms with Crippen molar-refractivity contribution in [3.8, 4) is 16.9 Å². The van der Waals surface area contributed by atoms with E-state index in [1.54, 1.807) is 19.2 Å². The molecule has 0 aromatic heterocycles. The van der Waals surface area contributed by atoms with Gasteiger partial charge in [0.15, 0.2) is 0 Å². The Bertz CT molecular complexity index is 608. The smallest absolute Gasteiger partial charge is 0.337 e. The van der Waals surface area contributed by atoms with E-state index in [9.17, 15) is 4.79 Å². The highest BCUT2D eigenvalue weighted by molar-refractivity contribution is 9.10. The molecule has 2 aromatic carbocycles. The monoisotopic (exact) mass is 320 g/mol. The van der Waals surface area contributed by atoms with E-state index in [0.717, 1.165) is 21.3 Å². The van der Waals surface area contributed by atoms with E-state index in [0.29, 0.717) is 5.56 Å². The molecule has 0 aliphatic rings. The van der Waals surface area contributed by atoms with Gasteiger partial charge in [0.1, 0.15) is 5.75 Å². The molecule has 2 aromatic rings. The molecule has 0 heterocycles. The van der Waals surface area contributed by atoms with Crippen molar-refractivity contribution in [3.05, 3.63) is 52.5 Å². The molecule has 0 saturated carbocycles. The molecule has 98 valence electrons. The maximum absolute atomic E-state index is 11.5. The van der Waals surface area contributed by atoms with Crippen LogP contribution in [0.25, 0.3) is 11.1 Å². The topological polar surface area (TPSA) is 35.5 Å². The summed E-state index contributed by atoms with van der Waals surface area (Å²) in [5.74, 6) is 0.409. The number of hydrogen-bond acceptors (Lipinski definition) is 3. The van der Waals surface area contributed by atoms with Crippen molar-refractivity contribution in [2.75, 3.05) is 14.2 Å². The molecule has 2 rings (SSSR count). The van der Waals surface area contributed by atoms with Gasteiger partial charge in [-0.1, -0.05) is 18.2 Å².